The number of rotatable bonds is 3. The second kappa shape index (κ2) is 5.74. The lowest BCUT2D eigenvalue weighted by Gasteiger charge is -2.30. The van der Waals surface area contributed by atoms with Gasteiger partial charge in [-0.1, -0.05) is 5.57 Å². The number of allylic oxidation sites excluding steroid dienone is 1. The van der Waals surface area contributed by atoms with Gasteiger partial charge in [-0.05, 0) is 46.1 Å². The van der Waals surface area contributed by atoms with Crippen molar-refractivity contribution in [3.05, 3.63) is 11.6 Å². The van der Waals surface area contributed by atoms with Gasteiger partial charge in [0.05, 0.1) is 6.61 Å². The molecule has 2 unspecified atom stereocenters. The van der Waals surface area contributed by atoms with Gasteiger partial charge >= 0.3 is 12.1 Å². The molecule has 1 saturated carbocycles. The molecule has 2 rings (SSSR count). The van der Waals surface area contributed by atoms with Crippen molar-refractivity contribution in [1.82, 2.24) is 5.32 Å². The Morgan fingerprint density at radius 1 is 1.41 bits per heavy atom. The number of carbonyl (C=O) groups excluding carboxylic acids is 3. The normalized spacial score (nSPS) is 27.2. The fraction of sp³-hybridized carbons (Fsp3) is 0.688. The molecule has 1 amide bonds. The van der Waals surface area contributed by atoms with Gasteiger partial charge in [0.25, 0.3) is 0 Å². The van der Waals surface area contributed by atoms with Gasteiger partial charge in [0.1, 0.15) is 11.1 Å². The third-order valence-electron chi connectivity index (χ3n) is 3.83. The number of ether oxygens (including phenoxy) is 2. The fourth-order valence-corrected chi connectivity index (χ4v) is 3.07. The van der Waals surface area contributed by atoms with Crippen LogP contribution < -0.4 is 5.32 Å². The van der Waals surface area contributed by atoms with Crippen molar-refractivity contribution in [3.8, 4) is 0 Å². The first-order chi connectivity index (χ1) is 10.1. The average molecular weight is 309 g/mol. The summed E-state index contributed by atoms with van der Waals surface area (Å²) in [5, 5.41) is 2.69. The van der Waals surface area contributed by atoms with Gasteiger partial charge < -0.3 is 14.8 Å². The predicted octanol–water partition coefficient (Wildman–Crippen LogP) is 2.12. The first-order valence-corrected chi connectivity index (χ1v) is 7.57. The van der Waals surface area contributed by atoms with Crippen LogP contribution in [0.15, 0.2) is 11.6 Å². The Morgan fingerprint density at radius 3 is 2.64 bits per heavy atom. The van der Waals surface area contributed by atoms with Crippen molar-refractivity contribution in [2.75, 3.05) is 6.61 Å². The Kier molecular flexibility index (Phi) is 4.31. The fourth-order valence-electron chi connectivity index (χ4n) is 3.07. The van der Waals surface area contributed by atoms with E-state index in [1.54, 1.807) is 33.8 Å². The largest absolute Gasteiger partial charge is 0.464 e. The van der Waals surface area contributed by atoms with Crippen molar-refractivity contribution in [2.45, 2.75) is 58.1 Å². The van der Waals surface area contributed by atoms with E-state index < -0.39 is 23.2 Å². The number of amides is 1. The lowest BCUT2D eigenvalue weighted by atomic mass is 9.94. The molecule has 2 aliphatic carbocycles. The minimum Gasteiger partial charge on any atom is -0.464 e. The molecule has 0 aromatic rings. The van der Waals surface area contributed by atoms with Crippen LogP contribution in [0.1, 0.15) is 47.0 Å². The van der Waals surface area contributed by atoms with Gasteiger partial charge in [-0.15, -0.1) is 0 Å². The summed E-state index contributed by atoms with van der Waals surface area (Å²) in [4.78, 5) is 35.9. The van der Waals surface area contributed by atoms with Gasteiger partial charge in [-0.2, -0.15) is 0 Å². The number of esters is 1. The van der Waals surface area contributed by atoms with Crippen molar-refractivity contribution < 1.29 is 23.9 Å². The van der Waals surface area contributed by atoms with E-state index in [9.17, 15) is 14.4 Å². The highest BCUT2D eigenvalue weighted by Gasteiger charge is 2.52. The molecule has 0 aromatic carbocycles. The molecule has 22 heavy (non-hydrogen) atoms. The number of ketones is 1. The van der Waals surface area contributed by atoms with Gasteiger partial charge in [0, 0.05) is 12.8 Å². The van der Waals surface area contributed by atoms with Crippen molar-refractivity contribution in [3.63, 3.8) is 0 Å². The highest BCUT2D eigenvalue weighted by atomic mass is 16.6. The highest BCUT2D eigenvalue weighted by molar-refractivity contribution is 5.95. The number of alkyl carbamates (subject to hydrolysis) is 1. The summed E-state index contributed by atoms with van der Waals surface area (Å²) in [5.74, 6) is -0.384. The number of nitrogens with one attached hydrogen (secondary N) is 1. The van der Waals surface area contributed by atoms with Crippen LogP contribution in [0.5, 0.6) is 0 Å². The lowest BCUT2D eigenvalue weighted by Crippen LogP contribution is -2.54. The Balaban J connectivity index is 2.18. The van der Waals surface area contributed by atoms with Crippen molar-refractivity contribution in [1.29, 1.82) is 0 Å². The zero-order chi connectivity index (χ0) is 16.5. The minimum atomic E-state index is -1.13. The first-order valence-electron chi connectivity index (χ1n) is 7.57. The van der Waals surface area contributed by atoms with Crippen LogP contribution in [0.3, 0.4) is 0 Å². The van der Waals surface area contributed by atoms with E-state index in [1.165, 1.54) is 0 Å². The molecule has 0 saturated heterocycles. The maximum absolute atomic E-state index is 12.4. The highest BCUT2D eigenvalue weighted by Crippen LogP contribution is 2.45. The zero-order valence-corrected chi connectivity index (χ0v) is 13.5. The van der Waals surface area contributed by atoms with E-state index in [1.807, 2.05) is 0 Å². The second-order valence-corrected chi connectivity index (χ2v) is 6.90. The Morgan fingerprint density at radius 2 is 2.09 bits per heavy atom. The predicted molar refractivity (Wildman–Crippen MR) is 79.2 cm³/mol. The maximum Gasteiger partial charge on any atom is 0.408 e. The third kappa shape index (κ3) is 3.48. The third-order valence-corrected chi connectivity index (χ3v) is 3.83. The van der Waals surface area contributed by atoms with E-state index in [-0.39, 0.29) is 18.3 Å². The summed E-state index contributed by atoms with van der Waals surface area (Å²) in [7, 11) is 0. The van der Waals surface area contributed by atoms with Crippen LogP contribution in [0, 0.1) is 5.92 Å². The SMILES string of the molecule is CCOC(=O)C1(NC(=O)OC(C)(C)C)CC2=CC(=O)CC2C1. The van der Waals surface area contributed by atoms with Crippen LogP contribution >= 0.6 is 0 Å². The molecular weight excluding hydrogens is 286 g/mol. The minimum absolute atomic E-state index is 0.00634. The molecular formula is C16H23NO5. The van der Waals surface area contributed by atoms with Gasteiger partial charge in [-0.3, -0.25) is 4.79 Å². The van der Waals surface area contributed by atoms with E-state index in [4.69, 9.17) is 9.47 Å². The van der Waals surface area contributed by atoms with Crippen LogP contribution in [-0.4, -0.2) is 35.6 Å². The summed E-state index contributed by atoms with van der Waals surface area (Å²) >= 11 is 0. The summed E-state index contributed by atoms with van der Waals surface area (Å²) in [6.45, 7) is 7.23. The molecule has 0 radical (unpaired) electrons. The maximum atomic E-state index is 12.4. The molecule has 2 atom stereocenters. The van der Waals surface area contributed by atoms with E-state index in [0.29, 0.717) is 19.3 Å². The lowest BCUT2D eigenvalue weighted by molar-refractivity contribution is -0.151. The molecule has 0 heterocycles. The zero-order valence-electron chi connectivity index (χ0n) is 13.5. The molecule has 0 aliphatic heterocycles. The van der Waals surface area contributed by atoms with Crippen LogP contribution in [-0.2, 0) is 19.1 Å². The monoisotopic (exact) mass is 309 g/mol. The van der Waals surface area contributed by atoms with Gasteiger partial charge in [0.15, 0.2) is 5.78 Å². The quantitative estimate of drug-likeness (QED) is 0.808. The molecule has 1 N–H and O–H groups in total. The number of carbonyl (C=O) groups is 3. The second-order valence-electron chi connectivity index (χ2n) is 6.90. The summed E-state index contributed by atoms with van der Waals surface area (Å²) < 4.78 is 10.4. The molecule has 0 spiro atoms. The van der Waals surface area contributed by atoms with Crippen molar-refractivity contribution >= 4 is 17.8 Å². The molecule has 2 aliphatic rings. The van der Waals surface area contributed by atoms with Gasteiger partial charge in [-0.25, -0.2) is 9.59 Å². The Hall–Kier alpha value is -1.85. The summed E-state index contributed by atoms with van der Waals surface area (Å²) in [5.41, 5.74) is -0.867. The molecule has 122 valence electrons. The van der Waals surface area contributed by atoms with Crippen LogP contribution in [0.25, 0.3) is 0 Å². The van der Waals surface area contributed by atoms with Crippen LogP contribution in [0.4, 0.5) is 4.79 Å². The van der Waals surface area contributed by atoms with Crippen LogP contribution in [0.2, 0.25) is 0 Å². The number of fused-ring (bicyclic) bond motifs is 1. The van der Waals surface area contributed by atoms with Crippen molar-refractivity contribution in [2.24, 2.45) is 5.92 Å². The van der Waals surface area contributed by atoms with E-state index in [0.717, 1.165) is 5.57 Å². The van der Waals surface area contributed by atoms with E-state index >= 15 is 0 Å². The average Bonchev–Trinajstić information content (AvgIpc) is 2.81. The first kappa shape index (κ1) is 16.5. The number of hydrogen-bond acceptors (Lipinski definition) is 5. The molecule has 6 nitrogen and oxygen atoms in total. The van der Waals surface area contributed by atoms with E-state index in [2.05, 4.69) is 5.32 Å². The Labute approximate surface area is 130 Å². The molecule has 1 fully saturated rings. The Bertz CT molecular complexity index is 531. The summed E-state index contributed by atoms with van der Waals surface area (Å²) in [6, 6.07) is 0. The molecule has 6 heteroatoms. The summed E-state index contributed by atoms with van der Waals surface area (Å²) in [6.07, 6.45) is 2.02. The standard InChI is InChI=1S/C16H23NO5/c1-5-21-13(19)16(17-14(20)22-15(2,3)4)8-10-6-12(18)7-11(10)9-16/h6,11H,5,7-9H2,1-4H3,(H,17,20). The topological polar surface area (TPSA) is 81.7 Å². The van der Waals surface area contributed by atoms with Gasteiger partial charge in [0.2, 0.25) is 0 Å². The molecule has 0 bridgehead atoms. The molecule has 0 aromatic heterocycles. The smallest absolute Gasteiger partial charge is 0.408 e. The number of hydrogen-bond donors (Lipinski definition) is 1.